The number of hydrogen-bond donors (Lipinski definition) is 2. The molecule has 2 heteroatoms. The van der Waals surface area contributed by atoms with E-state index in [9.17, 15) is 0 Å². The molecule has 0 saturated heterocycles. The number of unbranched alkanes of at least 4 members (excludes halogenated alkanes) is 1. The van der Waals surface area contributed by atoms with Crippen LogP contribution in [0.3, 0.4) is 0 Å². The van der Waals surface area contributed by atoms with Crippen LogP contribution in [0, 0.1) is 11.3 Å². The molecule has 0 aromatic carbocycles. The molecule has 0 aromatic rings. The van der Waals surface area contributed by atoms with Gasteiger partial charge in [0.05, 0.1) is 0 Å². The molecule has 0 radical (unpaired) electrons. The monoisotopic (exact) mass is 170 g/mol. The highest BCUT2D eigenvalue weighted by Crippen LogP contribution is 2.22. The maximum absolute atomic E-state index is 6.90. The summed E-state index contributed by atoms with van der Waals surface area (Å²) in [6.07, 6.45) is 5.53. The van der Waals surface area contributed by atoms with Gasteiger partial charge in [0, 0.05) is 5.54 Å². The molecule has 2 atom stereocenters. The van der Waals surface area contributed by atoms with Gasteiger partial charge in [0.2, 0.25) is 0 Å². The molecule has 0 saturated carbocycles. The quantitative estimate of drug-likeness (QED) is 0.467. The number of nitrogens with two attached hydrogens (primary N) is 1. The van der Waals surface area contributed by atoms with Crippen molar-refractivity contribution in [2.24, 2.45) is 11.7 Å². The van der Waals surface area contributed by atoms with E-state index in [4.69, 9.17) is 11.1 Å². The zero-order chi connectivity index (χ0) is 9.61. The molecule has 72 valence electrons. The van der Waals surface area contributed by atoms with Crippen molar-refractivity contribution in [3.8, 4) is 0 Å². The lowest BCUT2D eigenvalue weighted by molar-refractivity contribution is 0.284. The van der Waals surface area contributed by atoms with Crippen molar-refractivity contribution in [3.05, 3.63) is 0 Å². The van der Waals surface area contributed by atoms with E-state index in [0.717, 1.165) is 25.7 Å². The van der Waals surface area contributed by atoms with Crippen molar-refractivity contribution in [1.82, 2.24) is 0 Å². The third-order valence-corrected chi connectivity index (χ3v) is 2.80. The number of hydrogen-bond acceptors (Lipinski definition) is 2. The molecule has 0 spiro atoms. The molecule has 3 N–H and O–H groups in total. The Morgan fingerprint density at radius 1 is 1.58 bits per heavy atom. The first-order valence-electron chi connectivity index (χ1n) is 4.82. The Kier molecular flexibility index (Phi) is 5.14. The van der Waals surface area contributed by atoms with Crippen LogP contribution >= 0.6 is 0 Å². The fraction of sp³-hybridized carbons (Fsp3) is 0.900. The minimum atomic E-state index is -0.0439. The van der Waals surface area contributed by atoms with Gasteiger partial charge in [-0.15, -0.1) is 0 Å². The first-order valence-corrected chi connectivity index (χ1v) is 4.82. The highest BCUT2D eigenvalue weighted by atomic mass is 14.7. The lowest BCUT2D eigenvalue weighted by Crippen LogP contribution is -2.42. The third-order valence-electron chi connectivity index (χ3n) is 2.80. The molecular weight excluding hydrogens is 148 g/mol. The summed E-state index contributed by atoms with van der Waals surface area (Å²) in [7, 11) is 0. The summed E-state index contributed by atoms with van der Waals surface area (Å²) in [5, 5.41) is 6.90. The van der Waals surface area contributed by atoms with Gasteiger partial charge in [-0.05, 0) is 38.3 Å². The Morgan fingerprint density at radius 3 is 2.58 bits per heavy atom. The first kappa shape index (κ1) is 11.6. The average Bonchev–Trinajstić information content (AvgIpc) is 2.03. The largest absolute Gasteiger partial charge is 0.325 e. The normalized spacial score (nSPS) is 18.3. The van der Waals surface area contributed by atoms with Gasteiger partial charge in [0.25, 0.3) is 0 Å². The van der Waals surface area contributed by atoms with Gasteiger partial charge in [0.1, 0.15) is 0 Å². The van der Waals surface area contributed by atoms with E-state index in [1.54, 1.807) is 0 Å². The van der Waals surface area contributed by atoms with Crippen molar-refractivity contribution >= 4 is 6.21 Å². The molecule has 12 heavy (non-hydrogen) atoms. The Balaban J connectivity index is 3.77. The second kappa shape index (κ2) is 5.31. The highest BCUT2D eigenvalue weighted by molar-refractivity contribution is 5.52. The molecule has 0 aromatic heterocycles. The summed E-state index contributed by atoms with van der Waals surface area (Å²) >= 11 is 0. The summed E-state index contributed by atoms with van der Waals surface area (Å²) in [5.74, 6) is 0.572. The summed E-state index contributed by atoms with van der Waals surface area (Å²) in [4.78, 5) is 0. The Hall–Kier alpha value is -0.370. The van der Waals surface area contributed by atoms with Crippen molar-refractivity contribution in [1.29, 1.82) is 5.41 Å². The number of rotatable bonds is 6. The Bertz CT molecular complexity index is 130. The molecule has 0 aliphatic rings. The minimum Gasteiger partial charge on any atom is -0.325 e. The molecule has 0 amide bonds. The van der Waals surface area contributed by atoms with Crippen LogP contribution in [0.5, 0.6) is 0 Å². The lowest BCUT2D eigenvalue weighted by atomic mass is 9.82. The topological polar surface area (TPSA) is 49.9 Å². The van der Waals surface area contributed by atoms with Gasteiger partial charge in [-0.2, -0.15) is 0 Å². The molecule has 0 aliphatic heterocycles. The van der Waals surface area contributed by atoms with E-state index >= 15 is 0 Å². The van der Waals surface area contributed by atoms with Gasteiger partial charge >= 0.3 is 0 Å². The second-order valence-electron chi connectivity index (χ2n) is 3.91. The van der Waals surface area contributed by atoms with Crippen LogP contribution < -0.4 is 5.73 Å². The summed E-state index contributed by atoms with van der Waals surface area (Å²) in [6, 6.07) is 0. The van der Waals surface area contributed by atoms with E-state index in [0.29, 0.717) is 5.92 Å². The first-order chi connectivity index (χ1) is 5.54. The molecule has 0 aliphatic carbocycles. The van der Waals surface area contributed by atoms with Gasteiger partial charge < -0.3 is 11.1 Å². The average molecular weight is 170 g/mol. The van der Waals surface area contributed by atoms with Crippen molar-refractivity contribution in [2.75, 3.05) is 0 Å². The maximum Gasteiger partial charge on any atom is 0.0151 e. The summed E-state index contributed by atoms with van der Waals surface area (Å²) in [5.41, 5.74) is 6.09. The second-order valence-corrected chi connectivity index (χ2v) is 3.91. The van der Waals surface area contributed by atoms with Crippen LogP contribution in [-0.4, -0.2) is 11.8 Å². The van der Waals surface area contributed by atoms with E-state index in [1.165, 1.54) is 6.21 Å². The molecule has 0 heterocycles. The molecule has 0 bridgehead atoms. The van der Waals surface area contributed by atoms with Crippen LogP contribution in [0.2, 0.25) is 0 Å². The zero-order valence-electron chi connectivity index (χ0n) is 8.56. The van der Waals surface area contributed by atoms with E-state index in [-0.39, 0.29) is 5.54 Å². The SMILES string of the molecule is CCC(C)C(C)(N)CCCC=N. The fourth-order valence-corrected chi connectivity index (χ4v) is 1.30. The fourth-order valence-electron chi connectivity index (χ4n) is 1.30. The van der Waals surface area contributed by atoms with Crippen molar-refractivity contribution < 1.29 is 0 Å². The molecular formula is C10H22N2. The summed E-state index contributed by atoms with van der Waals surface area (Å²) < 4.78 is 0. The standard InChI is InChI=1S/C10H22N2/c1-4-9(2)10(3,12)7-5-6-8-11/h8-9,11H,4-7,12H2,1-3H3. The zero-order valence-corrected chi connectivity index (χ0v) is 8.56. The summed E-state index contributed by atoms with van der Waals surface area (Å²) in [6.45, 7) is 6.49. The van der Waals surface area contributed by atoms with Gasteiger partial charge in [0.15, 0.2) is 0 Å². The highest BCUT2D eigenvalue weighted by Gasteiger charge is 2.23. The van der Waals surface area contributed by atoms with Crippen LogP contribution in [0.15, 0.2) is 0 Å². The van der Waals surface area contributed by atoms with Gasteiger partial charge in [-0.3, -0.25) is 0 Å². The van der Waals surface area contributed by atoms with E-state index < -0.39 is 0 Å². The van der Waals surface area contributed by atoms with Gasteiger partial charge in [-0.25, -0.2) is 0 Å². The van der Waals surface area contributed by atoms with E-state index in [2.05, 4.69) is 20.8 Å². The molecule has 2 unspecified atom stereocenters. The third kappa shape index (κ3) is 3.86. The predicted molar refractivity (Wildman–Crippen MR) is 54.7 cm³/mol. The van der Waals surface area contributed by atoms with Crippen LogP contribution in [0.4, 0.5) is 0 Å². The van der Waals surface area contributed by atoms with Crippen molar-refractivity contribution in [2.45, 2.75) is 52.0 Å². The van der Waals surface area contributed by atoms with Crippen LogP contribution in [-0.2, 0) is 0 Å². The Morgan fingerprint density at radius 2 is 2.17 bits per heavy atom. The smallest absolute Gasteiger partial charge is 0.0151 e. The van der Waals surface area contributed by atoms with Crippen molar-refractivity contribution in [3.63, 3.8) is 0 Å². The minimum absolute atomic E-state index is 0.0439. The molecule has 0 fully saturated rings. The Labute approximate surface area is 76.0 Å². The molecule has 2 nitrogen and oxygen atoms in total. The number of nitrogens with one attached hydrogen (secondary N) is 1. The van der Waals surface area contributed by atoms with Crippen LogP contribution in [0.1, 0.15) is 46.5 Å². The van der Waals surface area contributed by atoms with Gasteiger partial charge in [-0.1, -0.05) is 20.3 Å². The predicted octanol–water partition coefficient (Wildman–Crippen LogP) is 2.57. The van der Waals surface area contributed by atoms with E-state index in [1.807, 2.05) is 0 Å². The molecule has 0 rings (SSSR count). The lowest BCUT2D eigenvalue weighted by Gasteiger charge is -2.30. The maximum atomic E-state index is 6.90. The van der Waals surface area contributed by atoms with Crippen LogP contribution in [0.25, 0.3) is 0 Å².